The van der Waals surface area contributed by atoms with Crippen molar-refractivity contribution >= 4 is 29.0 Å². The van der Waals surface area contributed by atoms with Crippen LogP contribution in [0.5, 0.6) is 0 Å². The number of nitrogens with zero attached hydrogens (tertiary/aromatic N) is 1. The Balaban J connectivity index is 1.66. The minimum atomic E-state index is 0.163. The van der Waals surface area contributed by atoms with Crippen molar-refractivity contribution in [1.82, 2.24) is 4.90 Å². The summed E-state index contributed by atoms with van der Waals surface area (Å²) in [5, 5.41) is 2.32. The predicted octanol–water partition coefficient (Wildman–Crippen LogP) is 3.66. The molecule has 0 radical (unpaired) electrons. The van der Waals surface area contributed by atoms with Gasteiger partial charge in [0.2, 0.25) is 0 Å². The molecule has 1 fully saturated rings. The zero-order valence-corrected chi connectivity index (χ0v) is 12.1. The maximum absolute atomic E-state index is 12.3. The molecule has 0 spiro atoms. The highest BCUT2D eigenvalue weighted by Gasteiger charge is 2.24. The Kier molecular flexibility index (Phi) is 3.94. The molecule has 1 atom stereocenters. The normalized spacial score (nSPS) is 20.2. The molecule has 2 aromatic heterocycles. The van der Waals surface area contributed by atoms with E-state index in [1.807, 2.05) is 46.3 Å². The number of hydrogen-bond acceptors (Lipinski definition) is 4. The molecule has 0 aliphatic carbocycles. The molecule has 5 heteroatoms. The number of furan rings is 1. The Morgan fingerprint density at radius 2 is 2.26 bits per heavy atom. The average Bonchev–Trinajstić information content (AvgIpc) is 3.08. The molecule has 2 aromatic rings. The van der Waals surface area contributed by atoms with E-state index in [0.29, 0.717) is 5.25 Å². The van der Waals surface area contributed by atoms with Crippen LogP contribution in [0, 0.1) is 0 Å². The lowest BCUT2D eigenvalue weighted by Crippen LogP contribution is -2.32. The van der Waals surface area contributed by atoms with Gasteiger partial charge in [0.05, 0.1) is 16.4 Å². The number of carbonyl (C=O) groups is 1. The van der Waals surface area contributed by atoms with Crippen molar-refractivity contribution in [2.45, 2.75) is 11.7 Å². The van der Waals surface area contributed by atoms with Crippen molar-refractivity contribution in [3.05, 3.63) is 46.5 Å². The molecule has 0 N–H and O–H groups in total. The number of thioether (sulfide) groups is 1. The lowest BCUT2D eigenvalue weighted by Gasteiger charge is -2.19. The topological polar surface area (TPSA) is 33.5 Å². The highest BCUT2D eigenvalue weighted by molar-refractivity contribution is 7.99. The van der Waals surface area contributed by atoms with E-state index in [1.165, 1.54) is 11.3 Å². The van der Waals surface area contributed by atoms with Gasteiger partial charge in [-0.3, -0.25) is 4.79 Å². The lowest BCUT2D eigenvalue weighted by atomic mass is 10.2. The molecule has 3 nitrogen and oxygen atoms in total. The van der Waals surface area contributed by atoms with Gasteiger partial charge in [0, 0.05) is 18.8 Å². The lowest BCUT2D eigenvalue weighted by molar-refractivity contribution is 0.0771. The number of thiophene rings is 1. The molecular weight excluding hydrogens is 278 g/mol. The molecule has 19 heavy (non-hydrogen) atoms. The minimum absolute atomic E-state index is 0.163. The summed E-state index contributed by atoms with van der Waals surface area (Å²) < 4.78 is 5.47. The van der Waals surface area contributed by atoms with Crippen molar-refractivity contribution in [3.63, 3.8) is 0 Å². The fourth-order valence-electron chi connectivity index (χ4n) is 2.23. The maximum Gasteiger partial charge on any atom is 0.263 e. The first-order valence-corrected chi connectivity index (χ1v) is 8.25. The van der Waals surface area contributed by atoms with E-state index in [4.69, 9.17) is 4.42 Å². The highest BCUT2D eigenvalue weighted by atomic mass is 32.2. The molecule has 0 unspecified atom stereocenters. The third-order valence-corrected chi connectivity index (χ3v) is 5.37. The van der Waals surface area contributed by atoms with Crippen molar-refractivity contribution < 1.29 is 9.21 Å². The molecule has 0 aromatic carbocycles. The van der Waals surface area contributed by atoms with Gasteiger partial charge in [0.1, 0.15) is 5.76 Å². The summed E-state index contributed by atoms with van der Waals surface area (Å²) in [4.78, 5) is 15.1. The van der Waals surface area contributed by atoms with Gasteiger partial charge in [-0.1, -0.05) is 6.07 Å². The summed E-state index contributed by atoms with van der Waals surface area (Å²) in [5.41, 5.74) is 0. The van der Waals surface area contributed by atoms with Crippen LogP contribution in [0.15, 0.2) is 40.3 Å². The Hall–Kier alpha value is -1.20. The van der Waals surface area contributed by atoms with Gasteiger partial charge in [-0.2, -0.15) is 0 Å². The highest BCUT2D eigenvalue weighted by Crippen LogP contribution is 2.34. The molecule has 1 saturated heterocycles. The van der Waals surface area contributed by atoms with Gasteiger partial charge in [0.25, 0.3) is 5.91 Å². The van der Waals surface area contributed by atoms with E-state index in [1.54, 1.807) is 6.26 Å². The first kappa shape index (κ1) is 12.8. The summed E-state index contributed by atoms with van der Waals surface area (Å²) in [6.07, 6.45) is 2.67. The molecule has 1 aliphatic heterocycles. The quantitative estimate of drug-likeness (QED) is 0.847. The summed E-state index contributed by atoms with van der Waals surface area (Å²) in [7, 11) is 0. The van der Waals surface area contributed by atoms with Crippen molar-refractivity contribution in [2.24, 2.45) is 0 Å². The third-order valence-electron chi connectivity index (χ3n) is 3.22. The zero-order valence-electron chi connectivity index (χ0n) is 10.5. The number of carbonyl (C=O) groups excluding carboxylic acids is 1. The van der Waals surface area contributed by atoms with E-state index in [0.717, 1.165) is 35.9 Å². The smallest absolute Gasteiger partial charge is 0.263 e. The Labute approximate surface area is 120 Å². The van der Waals surface area contributed by atoms with Gasteiger partial charge in [-0.15, -0.1) is 23.1 Å². The molecule has 0 saturated carbocycles. The Morgan fingerprint density at radius 3 is 3.00 bits per heavy atom. The van der Waals surface area contributed by atoms with Crippen LogP contribution in [0.3, 0.4) is 0 Å². The van der Waals surface area contributed by atoms with Crippen LogP contribution in [-0.4, -0.2) is 29.6 Å². The first-order valence-electron chi connectivity index (χ1n) is 6.32. The van der Waals surface area contributed by atoms with Crippen LogP contribution in [-0.2, 0) is 0 Å². The van der Waals surface area contributed by atoms with Gasteiger partial charge in [0.15, 0.2) is 0 Å². The van der Waals surface area contributed by atoms with Crippen molar-refractivity contribution in [2.75, 3.05) is 18.8 Å². The van der Waals surface area contributed by atoms with E-state index >= 15 is 0 Å². The fourth-order valence-corrected chi connectivity index (χ4v) is 4.10. The Morgan fingerprint density at radius 1 is 1.32 bits per heavy atom. The van der Waals surface area contributed by atoms with Crippen LogP contribution >= 0.6 is 23.1 Å². The summed E-state index contributed by atoms with van der Waals surface area (Å²) in [5.74, 6) is 2.15. The zero-order chi connectivity index (χ0) is 13.1. The number of rotatable bonds is 2. The number of amides is 1. The van der Waals surface area contributed by atoms with Crippen LogP contribution in [0.4, 0.5) is 0 Å². The fraction of sp³-hybridized carbons (Fsp3) is 0.357. The average molecular weight is 293 g/mol. The van der Waals surface area contributed by atoms with Crippen molar-refractivity contribution in [3.8, 4) is 0 Å². The standard InChI is InChI=1S/C14H15NO2S2/c16-14(13-4-2-9-18-13)15-6-5-12(19-10-7-15)11-3-1-8-17-11/h1-4,8-9,12H,5-7,10H2/t12-/m1/s1. The molecule has 3 heterocycles. The number of hydrogen-bond donors (Lipinski definition) is 0. The largest absolute Gasteiger partial charge is 0.468 e. The first-order chi connectivity index (χ1) is 9.34. The molecular formula is C14H15NO2S2. The van der Waals surface area contributed by atoms with Gasteiger partial charge >= 0.3 is 0 Å². The second-order valence-electron chi connectivity index (χ2n) is 4.43. The SMILES string of the molecule is O=C(c1cccs1)N1CCS[C@@H](c2ccco2)CC1. The monoisotopic (exact) mass is 293 g/mol. The van der Waals surface area contributed by atoms with Gasteiger partial charge < -0.3 is 9.32 Å². The second kappa shape index (κ2) is 5.84. The molecule has 100 valence electrons. The van der Waals surface area contributed by atoms with Gasteiger partial charge in [-0.25, -0.2) is 0 Å². The van der Waals surface area contributed by atoms with E-state index < -0.39 is 0 Å². The van der Waals surface area contributed by atoms with Gasteiger partial charge in [-0.05, 0) is 30.0 Å². The van der Waals surface area contributed by atoms with Crippen LogP contribution < -0.4 is 0 Å². The summed E-state index contributed by atoms with van der Waals surface area (Å²) in [6.45, 7) is 1.62. The molecule has 1 aliphatic rings. The summed E-state index contributed by atoms with van der Waals surface area (Å²) >= 11 is 3.39. The second-order valence-corrected chi connectivity index (χ2v) is 6.69. The van der Waals surface area contributed by atoms with E-state index in [2.05, 4.69) is 0 Å². The van der Waals surface area contributed by atoms with Crippen LogP contribution in [0.1, 0.15) is 27.1 Å². The third kappa shape index (κ3) is 2.87. The maximum atomic E-state index is 12.3. The minimum Gasteiger partial charge on any atom is -0.468 e. The predicted molar refractivity (Wildman–Crippen MR) is 78.7 cm³/mol. The van der Waals surface area contributed by atoms with Crippen LogP contribution in [0.2, 0.25) is 0 Å². The van der Waals surface area contributed by atoms with Crippen molar-refractivity contribution in [1.29, 1.82) is 0 Å². The summed E-state index contributed by atoms with van der Waals surface area (Å²) in [6, 6.07) is 7.77. The van der Waals surface area contributed by atoms with E-state index in [-0.39, 0.29) is 5.91 Å². The van der Waals surface area contributed by atoms with E-state index in [9.17, 15) is 4.79 Å². The molecule has 3 rings (SSSR count). The Bertz CT molecular complexity index is 522. The van der Waals surface area contributed by atoms with Crippen LogP contribution in [0.25, 0.3) is 0 Å². The molecule has 0 bridgehead atoms. The molecule has 1 amide bonds.